The molecule has 1 atom stereocenters. The Hall–Kier alpha value is 0.310. The summed E-state index contributed by atoms with van der Waals surface area (Å²) in [6.45, 7) is 8.35. The number of hydrogen-bond acceptors (Lipinski definition) is 2. The summed E-state index contributed by atoms with van der Waals surface area (Å²) >= 11 is 1.97. The lowest BCUT2D eigenvalue weighted by Crippen LogP contribution is -2.37. The molecular formula is C12H25NS. The number of nitrogens with one attached hydrogen (secondary N) is 1. The van der Waals surface area contributed by atoms with E-state index in [-0.39, 0.29) is 0 Å². The topological polar surface area (TPSA) is 12.0 Å². The zero-order valence-corrected chi connectivity index (χ0v) is 10.9. The fourth-order valence-electron chi connectivity index (χ4n) is 1.58. The summed E-state index contributed by atoms with van der Waals surface area (Å²) in [5.41, 5.74) is 0.492. The van der Waals surface area contributed by atoms with Gasteiger partial charge in [0.15, 0.2) is 0 Å². The monoisotopic (exact) mass is 215 g/mol. The second-order valence-electron chi connectivity index (χ2n) is 5.21. The molecular weight excluding hydrogens is 190 g/mol. The summed E-state index contributed by atoms with van der Waals surface area (Å²) in [6, 6.07) is 0.849. The van der Waals surface area contributed by atoms with Crippen molar-refractivity contribution in [1.82, 2.24) is 5.32 Å². The summed E-state index contributed by atoms with van der Waals surface area (Å²) in [6.07, 6.45) is 6.34. The molecule has 0 radical (unpaired) electrons. The zero-order chi connectivity index (χ0) is 10.6. The molecule has 0 bridgehead atoms. The van der Waals surface area contributed by atoms with Gasteiger partial charge in [-0.15, -0.1) is 0 Å². The third kappa shape index (κ3) is 3.82. The van der Waals surface area contributed by atoms with Crippen molar-refractivity contribution in [1.29, 1.82) is 0 Å². The van der Waals surface area contributed by atoms with Gasteiger partial charge < -0.3 is 5.32 Å². The van der Waals surface area contributed by atoms with Crippen molar-refractivity contribution in [3.8, 4) is 0 Å². The van der Waals surface area contributed by atoms with Crippen LogP contribution in [-0.2, 0) is 0 Å². The van der Waals surface area contributed by atoms with Crippen molar-refractivity contribution in [2.45, 2.75) is 46.1 Å². The molecule has 0 aliphatic heterocycles. The Bertz CT molecular complexity index is 166. The molecule has 0 amide bonds. The smallest absolute Gasteiger partial charge is 0.00684 e. The van der Waals surface area contributed by atoms with Gasteiger partial charge in [0.2, 0.25) is 0 Å². The van der Waals surface area contributed by atoms with Crippen molar-refractivity contribution < 1.29 is 0 Å². The Balaban J connectivity index is 2.33. The van der Waals surface area contributed by atoms with Gasteiger partial charge in [-0.2, -0.15) is 11.8 Å². The van der Waals surface area contributed by atoms with Crippen LogP contribution in [-0.4, -0.2) is 24.6 Å². The molecule has 1 N–H and O–H groups in total. The summed E-state index contributed by atoms with van der Waals surface area (Å²) in [4.78, 5) is 0. The van der Waals surface area contributed by atoms with Crippen molar-refractivity contribution in [3.05, 3.63) is 0 Å². The van der Waals surface area contributed by atoms with E-state index in [1.807, 2.05) is 11.8 Å². The maximum atomic E-state index is 3.68. The van der Waals surface area contributed by atoms with Gasteiger partial charge in [-0.1, -0.05) is 20.8 Å². The quantitative estimate of drug-likeness (QED) is 0.700. The molecule has 0 heterocycles. The number of rotatable bonds is 7. The Labute approximate surface area is 93.4 Å². The zero-order valence-electron chi connectivity index (χ0n) is 10.1. The molecule has 0 saturated heterocycles. The van der Waals surface area contributed by atoms with E-state index >= 15 is 0 Å². The van der Waals surface area contributed by atoms with Crippen LogP contribution in [0.15, 0.2) is 0 Å². The number of thioether (sulfide) groups is 1. The number of hydrogen-bond donors (Lipinski definition) is 1. The molecule has 1 nitrogen and oxygen atoms in total. The lowest BCUT2D eigenvalue weighted by molar-refractivity contribution is 0.201. The summed E-state index contributed by atoms with van der Waals surface area (Å²) in [7, 11) is 0. The molecule has 1 unspecified atom stereocenters. The fraction of sp³-hybridized carbons (Fsp3) is 1.00. The molecule has 1 aliphatic rings. The molecule has 2 heteroatoms. The van der Waals surface area contributed by atoms with Crippen LogP contribution in [0.2, 0.25) is 0 Å². The maximum Gasteiger partial charge on any atom is 0.00684 e. The summed E-state index contributed by atoms with van der Waals surface area (Å²) in [5.74, 6) is 2.07. The van der Waals surface area contributed by atoms with Gasteiger partial charge in [0.1, 0.15) is 0 Å². The van der Waals surface area contributed by atoms with Gasteiger partial charge in [-0.3, -0.25) is 0 Å². The average molecular weight is 215 g/mol. The highest BCUT2D eigenvalue weighted by molar-refractivity contribution is 7.98. The lowest BCUT2D eigenvalue weighted by atomic mass is 9.77. The van der Waals surface area contributed by atoms with Crippen LogP contribution in [0.5, 0.6) is 0 Å². The fourth-order valence-corrected chi connectivity index (χ4v) is 2.25. The van der Waals surface area contributed by atoms with E-state index < -0.39 is 0 Å². The maximum absolute atomic E-state index is 3.68. The van der Waals surface area contributed by atoms with Gasteiger partial charge in [0, 0.05) is 12.6 Å². The molecule has 1 fully saturated rings. The largest absolute Gasteiger partial charge is 0.313 e. The Morgan fingerprint density at radius 3 is 2.50 bits per heavy atom. The first-order valence-corrected chi connectivity index (χ1v) is 7.20. The van der Waals surface area contributed by atoms with Crippen LogP contribution < -0.4 is 5.32 Å². The summed E-state index contributed by atoms with van der Waals surface area (Å²) < 4.78 is 0. The van der Waals surface area contributed by atoms with Crippen LogP contribution in [0.3, 0.4) is 0 Å². The molecule has 0 aromatic heterocycles. The van der Waals surface area contributed by atoms with Crippen LogP contribution in [0.25, 0.3) is 0 Å². The minimum Gasteiger partial charge on any atom is -0.313 e. The van der Waals surface area contributed by atoms with Crippen molar-refractivity contribution >= 4 is 11.8 Å². The van der Waals surface area contributed by atoms with Gasteiger partial charge in [0.25, 0.3) is 0 Å². The van der Waals surface area contributed by atoms with E-state index in [0.29, 0.717) is 5.41 Å². The third-order valence-electron chi connectivity index (χ3n) is 3.64. The molecule has 0 aromatic carbocycles. The minimum absolute atomic E-state index is 0.492. The van der Waals surface area contributed by atoms with Crippen LogP contribution in [0.4, 0.5) is 0 Å². The molecule has 0 aromatic rings. The van der Waals surface area contributed by atoms with Crippen molar-refractivity contribution in [3.63, 3.8) is 0 Å². The van der Waals surface area contributed by atoms with Crippen LogP contribution in [0, 0.1) is 11.3 Å². The standard InChI is InChI=1S/C12H25NS/c1-10(2)12(3,7-8-14-4)9-13-11-5-6-11/h10-11,13H,5-9H2,1-4H3. The molecule has 1 aliphatic carbocycles. The Kier molecular flexibility index (Phi) is 4.78. The second-order valence-corrected chi connectivity index (χ2v) is 6.19. The third-order valence-corrected chi connectivity index (χ3v) is 4.26. The minimum atomic E-state index is 0.492. The highest BCUT2D eigenvalue weighted by atomic mass is 32.2. The summed E-state index contributed by atoms with van der Waals surface area (Å²) in [5, 5.41) is 3.68. The first kappa shape index (κ1) is 12.4. The van der Waals surface area contributed by atoms with E-state index in [9.17, 15) is 0 Å². The van der Waals surface area contributed by atoms with Crippen molar-refractivity contribution in [2.75, 3.05) is 18.6 Å². The van der Waals surface area contributed by atoms with Crippen molar-refractivity contribution in [2.24, 2.45) is 11.3 Å². The predicted octanol–water partition coefficient (Wildman–Crippen LogP) is 3.15. The van der Waals surface area contributed by atoms with E-state index in [1.54, 1.807) is 0 Å². The Morgan fingerprint density at radius 2 is 2.07 bits per heavy atom. The first-order valence-electron chi connectivity index (χ1n) is 5.81. The van der Waals surface area contributed by atoms with Crippen LogP contribution in [0.1, 0.15) is 40.0 Å². The van der Waals surface area contributed by atoms with E-state index in [4.69, 9.17) is 0 Å². The molecule has 1 saturated carbocycles. The highest BCUT2D eigenvalue weighted by Gasteiger charge is 2.30. The lowest BCUT2D eigenvalue weighted by Gasteiger charge is -2.34. The Morgan fingerprint density at radius 1 is 1.43 bits per heavy atom. The highest BCUT2D eigenvalue weighted by Crippen LogP contribution is 2.32. The SMILES string of the molecule is CSCCC(C)(CNC1CC1)C(C)C. The molecule has 1 rings (SSSR count). The average Bonchev–Trinajstić information content (AvgIpc) is 2.94. The van der Waals surface area contributed by atoms with E-state index in [1.165, 1.54) is 31.6 Å². The van der Waals surface area contributed by atoms with Gasteiger partial charge in [-0.25, -0.2) is 0 Å². The van der Waals surface area contributed by atoms with Gasteiger partial charge >= 0.3 is 0 Å². The van der Waals surface area contributed by atoms with E-state index in [2.05, 4.69) is 32.3 Å². The molecule has 14 heavy (non-hydrogen) atoms. The van der Waals surface area contributed by atoms with Crippen LogP contribution >= 0.6 is 11.8 Å². The van der Waals surface area contributed by atoms with Gasteiger partial charge in [0.05, 0.1) is 0 Å². The van der Waals surface area contributed by atoms with E-state index in [0.717, 1.165) is 12.0 Å². The second kappa shape index (κ2) is 5.41. The molecule has 84 valence electrons. The van der Waals surface area contributed by atoms with Gasteiger partial charge in [-0.05, 0) is 42.6 Å². The molecule has 0 spiro atoms. The first-order chi connectivity index (χ1) is 6.58. The normalized spacial score (nSPS) is 21.2. The predicted molar refractivity (Wildman–Crippen MR) is 67.0 cm³/mol.